The summed E-state index contributed by atoms with van der Waals surface area (Å²) in [4.78, 5) is 6.62. The fourth-order valence-corrected chi connectivity index (χ4v) is 5.56. The minimum atomic E-state index is -3.86. The van der Waals surface area contributed by atoms with Gasteiger partial charge in [0.2, 0.25) is 15.9 Å². The molecule has 0 spiro atoms. The largest absolute Gasteiger partial charge is 0.492 e. The van der Waals surface area contributed by atoms with Crippen molar-refractivity contribution in [3.8, 4) is 28.8 Å². The van der Waals surface area contributed by atoms with Crippen LogP contribution in [0.3, 0.4) is 0 Å². The van der Waals surface area contributed by atoms with Crippen LogP contribution < -0.4 is 14.2 Å². The molecule has 1 aromatic heterocycles. The first-order valence-corrected chi connectivity index (χ1v) is 14.0. The zero-order chi connectivity index (χ0) is 26.6. The lowest BCUT2D eigenvalue weighted by atomic mass is 9.83. The van der Waals surface area contributed by atoms with Crippen molar-refractivity contribution in [3.63, 3.8) is 0 Å². The summed E-state index contributed by atoms with van der Waals surface area (Å²) in [6.07, 6.45) is 3.54. The highest BCUT2D eigenvalue weighted by atomic mass is 32.2. The fraction of sp³-hybridized carbons (Fsp3) is 0.538. The first kappa shape index (κ1) is 27.1. The predicted molar refractivity (Wildman–Crippen MR) is 139 cm³/mol. The van der Waals surface area contributed by atoms with Crippen molar-refractivity contribution >= 4 is 15.7 Å². The van der Waals surface area contributed by atoms with Crippen molar-refractivity contribution in [2.75, 3.05) is 43.8 Å². The molecule has 0 radical (unpaired) electrons. The lowest BCUT2D eigenvalue weighted by Gasteiger charge is -2.37. The van der Waals surface area contributed by atoms with E-state index >= 15 is 0 Å². The third-order valence-corrected chi connectivity index (χ3v) is 7.99. The number of nitrogens with one attached hydrogen (secondary N) is 1. The lowest BCUT2D eigenvalue weighted by molar-refractivity contribution is -0.0137. The van der Waals surface area contributed by atoms with Gasteiger partial charge in [-0.1, -0.05) is 0 Å². The Morgan fingerprint density at radius 2 is 2.00 bits per heavy atom. The van der Waals surface area contributed by atoms with Crippen LogP contribution in [0.15, 0.2) is 24.4 Å². The molecular formula is C26H34N4O6S. The summed E-state index contributed by atoms with van der Waals surface area (Å²) in [6.45, 7) is 7.87. The van der Waals surface area contributed by atoms with Crippen molar-refractivity contribution in [1.29, 1.82) is 5.26 Å². The first-order valence-electron chi connectivity index (χ1n) is 12.3. The van der Waals surface area contributed by atoms with Gasteiger partial charge in [-0.3, -0.25) is 9.62 Å². The van der Waals surface area contributed by atoms with Crippen molar-refractivity contribution in [2.24, 2.45) is 5.92 Å². The molecule has 3 heterocycles. The Hall–Kier alpha value is -2.91. The first-order chi connectivity index (χ1) is 17.6. The van der Waals surface area contributed by atoms with Gasteiger partial charge in [-0.25, -0.2) is 13.4 Å². The van der Waals surface area contributed by atoms with E-state index in [1.807, 2.05) is 26.0 Å². The number of sulfonamides is 1. The number of aliphatic hydroxyl groups is 1. The second-order valence-corrected chi connectivity index (χ2v) is 11.7. The molecule has 0 unspecified atom stereocenters. The minimum Gasteiger partial charge on any atom is -0.492 e. The number of rotatable bonds is 10. The number of anilines is 1. The van der Waals surface area contributed by atoms with E-state index in [-0.39, 0.29) is 11.6 Å². The fourth-order valence-electron chi connectivity index (χ4n) is 4.84. The van der Waals surface area contributed by atoms with Crippen LogP contribution >= 0.6 is 0 Å². The molecule has 0 amide bonds. The van der Waals surface area contributed by atoms with Crippen LogP contribution in [-0.2, 0) is 28.0 Å². The summed E-state index contributed by atoms with van der Waals surface area (Å²) in [5, 5.41) is 19.1. The van der Waals surface area contributed by atoms with Crippen LogP contribution in [-0.4, -0.2) is 68.1 Å². The minimum absolute atomic E-state index is 0.111. The Kier molecular flexibility index (Phi) is 8.23. The second kappa shape index (κ2) is 11.2. The van der Waals surface area contributed by atoms with Crippen LogP contribution in [0.4, 0.5) is 5.69 Å². The SMILES string of the molecule is COc1ncc(-c2cc3c(c(OCCN4CCC(C(C)(C)O)CC4)c2)COC3)cc1NS(=O)(=O)CC#N. The highest BCUT2D eigenvalue weighted by Gasteiger charge is 2.30. The van der Waals surface area contributed by atoms with Gasteiger partial charge >= 0.3 is 0 Å². The number of benzene rings is 1. The van der Waals surface area contributed by atoms with Gasteiger partial charge in [-0.2, -0.15) is 5.26 Å². The quantitative estimate of drug-likeness (QED) is 0.475. The Bertz CT molecular complexity index is 1260. The zero-order valence-corrected chi connectivity index (χ0v) is 22.3. The predicted octanol–water partition coefficient (Wildman–Crippen LogP) is 2.91. The van der Waals surface area contributed by atoms with Crippen LogP contribution in [0.5, 0.6) is 11.6 Å². The number of pyridine rings is 1. The van der Waals surface area contributed by atoms with Crippen molar-refractivity contribution in [2.45, 2.75) is 45.5 Å². The van der Waals surface area contributed by atoms with E-state index in [4.69, 9.17) is 19.5 Å². The summed E-state index contributed by atoms with van der Waals surface area (Å²) in [5.74, 6) is 0.483. The van der Waals surface area contributed by atoms with Crippen molar-refractivity contribution in [3.05, 3.63) is 35.5 Å². The Labute approximate surface area is 218 Å². The number of fused-ring (bicyclic) bond motifs is 1. The average Bonchev–Trinajstić information content (AvgIpc) is 3.32. The molecule has 11 heteroatoms. The Balaban J connectivity index is 1.50. The number of aromatic nitrogens is 1. The van der Waals surface area contributed by atoms with Gasteiger partial charge in [0.05, 0.1) is 32.0 Å². The summed E-state index contributed by atoms with van der Waals surface area (Å²) in [7, 11) is -2.46. The van der Waals surface area contributed by atoms with Crippen molar-refractivity contribution < 1.29 is 27.7 Å². The van der Waals surface area contributed by atoms with Crippen LogP contribution in [0.2, 0.25) is 0 Å². The van der Waals surface area contributed by atoms with E-state index in [1.54, 1.807) is 18.3 Å². The van der Waals surface area contributed by atoms with Gasteiger partial charge in [0.25, 0.3) is 0 Å². The van der Waals surface area contributed by atoms with Gasteiger partial charge < -0.3 is 19.3 Å². The van der Waals surface area contributed by atoms with Crippen LogP contribution in [0.1, 0.15) is 37.8 Å². The molecule has 2 aromatic rings. The van der Waals surface area contributed by atoms with E-state index in [0.29, 0.717) is 31.3 Å². The molecule has 37 heavy (non-hydrogen) atoms. The highest BCUT2D eigenvalue weighted by Crippen LogP contribution is 2.37. The number of likely N-dealkylation sites (tertiary alicyclic amines) is 1. The molecule has 1 fully saturated rings. The van der Waals surface area contributed by atoms with E-state index in [9.17, 15) is 13.5 Å². The number of nitriles is 1. The maximum absolute atomic E-state index is 12.2. The van der Waals surface area contributed by atoms with E-state index < -0.39 is 21.4 Å². The molecule has 0 aliphatic carbocycles. The van der Waals surface area contributed by atoms with Gasteiger partial charge in [-0.05, 0) is 75.0 Å². The zero-order valence-electron chi connectivity index (χ0n) is 21.5. The number of ether oxygens (including phenoxy) is 3. The van der Waals surface area contributed by atoms with E-state index in [1.165, 1.54) is 7.11 Å². The maximum atomic E-state index is 12.2. The number of hydrogen-bond acceptors (Lipinski definition) is 9. The lowest BCUT2D eigenvalue weighted by Crippen LogP contribution is -2.43. The average molecular weight is 531 g/mol. The Morgan fingerprint density at radius 1 is 1.24 bits per heavy atom. The molecular weight excluding hydrogens is 496 g/mol. The van der Waals surface area contributed by atoms with Gasteiger partial charge in [0.15, 0.2) is 5.75 Å². The summed E-state index contributed by atoms with van der Waals surface area (Å²) in [6, 6.07) is 7.19. The molecule has 4 rings (SSSR count). The molecule has 2 N–H and O–H groups in total. The topological polar surface area (TPSA) is 134 Å². The van der Waals surface area contributed by atoms with Gasteiger partial charge in [0, 0.05) is 23.9 Å². The molecule has 1 aromatic carbocycles. The molecule has 2 aliphatic heterocycles. The summed E-state index contributed by atoms with van der Waals surface area (Å²) >= 11 is 0. The molecule has 1 saturated heterocycles. The maximum Gasteiger partial charge on any atom is 0.246 e. The van der Waals surface area contributed by atoms with E-state index in [2.05, 4.69) is 14.6 Å². The molecule has 0 bridgehead atoms. The van der Waals surface area contributed by atoms with Crippen LogP contribution in [0.25, 0.3) is 11.1 Å². The van der Waals surface area contributed by atoms with Gasteiger partial charge in [0.1, 0.15) is 18.0 Å². The number of nitrogens with zero attached hydrogens (tertiary/aromatic N) is 3. The smallest absolute Gasteiger partial charge is 0.246 e. The Morgan fingerprint density at radius 3 is 2.68 bits per heavy atom. The normalized spacial score (nSPS) is 16.7. The van der Waals surface area contributed by atoms with E-state index in [0.717, 1.165) is 54.9 Å². The molecule has 0 atom stereocenters. The number of hydrogen-bond donors (Lipinski definition) is 2. The molecule has 10 nitrogen and oxygen atoms in total. The summed E-state index contributed by atoms with van der Waals surface area (Å²) in [5.41, 5.74) is 3.02. The monoisotopic (exact) mass is 530 g/mol. The molecule has 200 valence electrons. The standard InChI is InChI=1S/C26H34N4O6S/c1-26(2,31)21-4-7-30(8-5-21)9-10-36-24-14-18(12-20-16-35-17-22(20)24)19-13-23(25(34-3)28-15-19)29-37(32,33)11-6-27/h12-15,21,29,31H,4-5,7-11,16-17H2,1-3H3. The van der Waals surface area contributed by atoms with Crippen molar-refractivity contribution in [1.82, 2.24) is 9.88 Å². The van der Waals surface area contributed by atoms with Gasteiger partial charge in [-0.15, -0.1) is 0 Å². The summed E-state index contributed by atoms with van der Waals surface area (Å²) < 4.78 is 43.8. The van der Waals surface area contributed by atoms with Crippen LogP contribution in [0, 0.1) is 17.2 Å². The number of piperidine rings is 1. The molecule has 0 saturated carbocycles. The third kappa shape index (κ3) is 6.70. The second-order valence-electron chi connectivity index (χ2n) is 10.0. The third-order valence-electron chi connectivity index (χ3n) is 6.95. The molecule has 2 aliphatic rings. The number of methoxy groups -OCH3 is 1. The highest BCUT2D eigenvalue weighted by molar-refractivity contribution is 7.92.